The normalized spacial score (nSPS) is 14.4. The Kier molecular flexibility index (Phi) is 6.58. The van der Waals surface area contributed by atoms with Crippen molar-refractivity contribution in [1.82, 2.24) is 19.4 Å². The molecule has 1 saturated heterocycles. The Morgan fingerprint density at radius 2 is 1.56 bits per heavy atom. The summed E-state index contributed by atoms with van der Waals surface area (Å²) in [6.07, 6.45) is 0. The Morgan fingerprint density at radius 3 is 2.29 bits per heavy atom. The predicted molar refractivity (Wildman–Crippen MR) is 134 cm³/mol. The standard InChI is InChI=1S/C28H30N4O2/c1-2-34-24-14-12-23(13-15-24)28(33)31-18-16-30(17-19-31)21-27-29-25-10-6-7-11-26(25)32(27)20-22-8-4-3-5-9-22/h3-15H,2,16-21H2,1H3. The molecule has 1 aromatic heterocycles. The maximum absolute atomic E-state index is 13.0. The summed E-state index contributed by atoms with van der Waals surface area (Å²) >= 11 is 0. The first-order chi connectivity index (χ1) is 16.7. The van der Waals surface area contributed by atoms with Crippen LogP contribution in [0.15, 0.2) is 78.9 Å². The van der Waals surface area contributed by atoms with Crippen LogP contribution in [-0.2, 0) is 13.1 Å². The van der Waals surface area contributed by atoms with E-state index in [4.69, 9.17) is 9.72 Å². The molecule has 0 radical (unpaired) electrons. The summed E-state index contributed by atoms with van der Waals surface area (Å²) in [6, 6.07) is 26.3. The molecule has 1 amide bonds. The monoisotopic (exact) mass is 454 g/mol. The Balaban J connectivity index is 1.26. The van der Waals surface area contributed by atoms with E-state index in [1.807, 2.05) is 48.2 Å². The molecule has 0 bridgehead atoms. The molecule has 0 N–H and O–H groups in total. The van der Waals surface area contributed by atoms with Gasteiger partial charge < -0.3 is 14.2 Å². The Morgan fingerprint density at radius 1 is 0.853 bits per heavy atom. The number of benzene rings is 3. The molecule has 0 aliphatic carbocycles. The lowest BCUT2D eigenvalue weighted by Gasteiger charge is -2.34. The van der Waals surface area contributed by atoms with Gasteiger partial charge in [-0.15, -0.1) is 0 Å². The lowest BCUT2D eigenvalue weighted by atomic mass is 10.1. The number of imidazole rings is 1. The SMILES string of the molecule is CCOc1ccc(C(=O)N2CCN(Cc3nc4ccccc4n3Cc3ccccc3)CC2)cc1. The van der Waals surface area contributed by atoms with Gasteiger partial charge in [0.2, 0.25) is 0 Å². The van der Waals surface area contributed by atoms with Crippen LogP contribution in [0.2, 0.25) is 0 Å². The minimum absolute atomic E-state index is 0.0824. The van der Waals surface area contributed by atoms with Crippen LogP contribution in [0.25, 0.3) is 11.0 Å². The van der Waals surface area contributed by atoms with Gasteiger partial charge in [0.1, 0.15) is 11.6 Å². The van der Waals surface area contributed by atoms with Crippen molar-refractivity contribution in [2.75, 3.05) is 32.8 Å². The highest BCUT2D eigenvalue weighted by Crippen LogP contribution is 2.20. The molecular formula is C28H30N4O2. The van der Waals surface area contributed by atoms with Crippen LogP contribution in [-0.4, -0.2) is 58.0 Å². The fourth-order valence-electron chi connectivity index (χ4n) is 4.54. The summed E-state index contributed by atoms with van der Waals surface area (Å²) in [5, 5.41) is 0. The van der Waals surface area contributed by atoms with Crippen molar-refractivity contribution >= 4 is 16.9 Å². The predicted octanol–water partition coefficient (Wildman–Crippen LogP) is 4.44. The minimum atomic E-state index is 0.0824. The summed E-state index contributed by atoms with van der Waals surface area (Å²) in [4.78, 5) is 22.3. The molecule has 34 heavy (non-hydrogen) atoms. The van der Waals surface area contributed by atoms with E-state index in [0.717, 1.165) is 48.8 Å². The van der Waals surface area contributed by atoms with Crippen LogP contribution in [0.3, 0.4) is 0 Å². The van der Waals surface area contributed by atoms with Crippen LogP contribution in [0.4, 0.5) is 0 Å². The van der Waals surface area contributed by atoms with E-state index in [0.29, 0.717) is 25.3 Å². The van der Waals surface area contributed by atoms with Crippen molar-refractivity contribution in [1.29, 1.82) is 0 Å². The summed E-state index contributed by atoms with van der Waals surface area (Å²) in [6.45, 7) is 7.23. The molecule has 3 aromatic carbocycles. The Bertz CT molecular complexity index is 1240. The van der Waals surface area contributed by atoms with Gasteiger partial charge in [-0.2, -0.15) is 0 Å². The summed E-state index contributed by atoms with van der Waals surface area (Å²) in [7, 11) is 0. The zero-order chi connectivity index (χ0) is 23.3. The number of piperazine rings is 1. The van der Waals surface area contributed by atoms with E-state index in [-0.39, 0.29) is 5.91 Å². The number of hydrogen-bond acceptors (Lipinski definition) is 4. The molecule has 2 heterocycles. The number of aromatic nitrogens is 2. The van der Waals surface area contributed by atoms with Gasteiger partial charge in [0, 0.05) is 38.3 Å². The molecule has 6 heteroatoms. The third-order valence-electron chi connectivity index (χ3n) is 6.35. The van der Waals surface area contributed by atoms with Gasteiger partial charge in [-0.1, -0.05) is 42.5 Å². The number of nitrogens with zero attached hydrogens (tertiary/aromatic N) is 4. The number of carbonyl (C=O) groups excluding carboxylic acids is 1. The maximum Gasteiger partial charge on any atom is 0.253 e. The number of para-hydroxylation sites is 2. The van der Waals surface area contributed by atoms with Crippen LogP contribution in [0.1, 0.15) is 28.7 Å². The Labute approximate surface area is 200 Å². The largest absolute Gasteiger partial charge is 0.494 e. The number of rotatable bonds is 7. The number of ether oxygens (including phenoxy) is 1. The first-order valence-electron chi connectivity index (χ1n) is 11.9. The van der Waals surface area contributed by atoms with Crippen molar-refractivity contribution in [3.8, 4) is 5.75 Å². The third kappa shape index (κ3) is 4.82. The van der Waals surface area contributed by atoms with Crippen molar-refractivity contribution in [2.45, 2.75) is 20.0 Å². The van der Waals surface area contributed by atoms with Crippen LogP contribution in [0, 0.1) is 0 Å². The smallest absolute Gasteiger partial charge is 0.253 e. The second-order valence-electron chi connectivity index (χ2n) is 8.61. The number of fused-ring (bicyclic) bond motifs is 1. The zero-order valence-electron chi connectivity index (χ0n) is 19.6. The molecule has 6 nitrogen and oxygen atoms in total. The van der Waals surface area contributed by atoms with E-state index < -0.39 is 0 Å². The molecule has 5 rings (SSSR count). The highest BCUT2D eigenvalue weighted by molar-refractivity contribution is 5.94. The van der Waals surface area contributed by atoms with Crippen molar-refractivity contribution in [3.63, 3.8) is 0 Å². The zero-order valence-corrected chi connectivity index (χ0v) is 19.6. The van der Waals surface area contributed by atoms with Gasteiger partial charge in [-0.05, 0) is 48.9 Å². The highest BCUT2D eigenvalue weighted by atomic mass is 16.5. The lowest BCUT2D eigenvalue weighted by Crippen LogP contribution is -2.48. The van der Waals surface area contributed by atoms with Gasteiger partial charge in [-0.3, -0.25) is 9.69 Å². The molecular weight excluding hydrogens is 424 g/mol. The van der Waals surface area contributed by atoms with Crippen LogP contribution in [0.5, 0.6) is 5.75 Å². The van der Waals surface area contributed by atoms with Gasteiger partial charge in [0.15, 0.2) is 0 Å². The van der Waals surface area contributed by atoms with E-state index in [2.05, 4.69) is 51.9 Å². The van der Waals surface area contributed by atoms with Crippen LogP contribution < -0.4 is 4.74 Å². The van der Waals surface area contributed by atoms with E-state index in [9.17, 15) is 4.79 Å². The van der Waals surface area contributed by atoms with Crippen LogP contribution >= 0.6 is 0 Å². The first-order valence-corrected chi connectivity index (χ1v) is 11.9. The first kappa shape index (κ1) is 22.2. The molecule has 1 aliphatic rings. The molecule has 1 fully saturated rings. The fraction of sp³-hybridized carbons (Fsp3) is 0.286. The van der Waals surface area contributed by atoms with Gasteiger partial charge in [0.05, 0.1) is 24.2 Å². The quantitative estimate of drug-likeness (QED) is 0.414. The van der Waals surface area contributed by atoms with Gasteiger partial charge in [0.25, 0.3) is 5.91 Å². The molecule has 0 atom stereocenters. The van der Waals surface area contributed by atoms with E-state index in [1.54, 1.807) is 0 Å². The molecule has 0 unspecified atom stereocenters. The fourth-order valence-corrected chi connectivity index (χ4v) is 4.54. The van der Waals surface area contributed by atoms with Crippen molar-refractivity contribution in [2.24, 2.45) is 0 Å². The maximum atomic E-state index is 13.0. The topological polar surface area (TPSA) is 50.6 Å². The average molecular weight is 455 g/mol. The molecule has 0 spiro atoms. The van der Waals surface area contributed by atoms with Gasteiger partial charge >= 0.3 is 0 Å². The third-order valence-corrected chi connectivity index (χ3v) is 6.35. The van der Waals surface area contributed by atoms with Crippen molar-refractivity contribution in [3.05, 3.63) is 95.8 Å². The second kappa shape index (κ2) is 10.1. The molecule has 0 saturated carbocycles. The summed E-state index contributed by atoms with van der Waals surface area (Å²) in [5.41, 5.74) is 4.16. The highest BCUT2D eigenvalue weighted by Gasteiger charge is 2.23. The number of carbonyl (C=O) groups is 1. The average Bonchev–Trinajstić information content (AvgIpc) is 3.22. The van der Waals surface area contributed by atoms with Crippen molar-refractivity contribution < 1.29 is 9.53 Å². The molecule has 174 valence electrons. The lowest BCUT2D eigenvalue weighted by molar-refractivity contribution is 0.0624. The number of hydrogen-bond donors (Lipinski definition) is 0. The number of amides is 1. The summed E-state index contributed by atoms with van der Waals surface area (Å²) < 4.78 is 7.81. The summed E-state index contributed by atoms with van der Waals surface area (Å²) in [5.74, 6) is 1.94. The molecule has 4 aromatic rings. The van der Waals surface area contributed by atoms with E-state index in [1.165, 1.54) is 5.56 Å². The second-order valence-corrected chi connectivity index (χ2v) is 8.61. The minimum Gasteiger partial charge on any atom is -0.494 e. The van der Waals surface area contributed by atoms with E-state index >= 15 is 0 Å². The van der Waals surface area contributed by atoms with Gasteiger partial charge in [-0.25, -0.2) is 4.98 Å². The Hall–Kier alpha value is -3.64. The molecule has 1 aliphatic heterocycles.